The van der Waals surface area contributed by atoms with Crippen LogP contribution in [-0.2, 0) is 5.75 Å². The van der Waals surface area contributed by atoms with Gasteiger partial charge in [-0.15, -0.1) is 0 Å². The maximum atomic E-state index is 12.3. The molecule has 2 aromatic rings. The molecule has 0 saturated heterocycles. The van der Waals surface area contributed by atoms with Gasteiger partial charge in [0.15, 0.2) is 5.16 Å². The first-order valence-electron chi connectivity index (χ1n) is 8.79. The number of rotatable bonds is 4. The summed E-state index contributed by atoms with van der Waals surface area (Å²) in [6.07, 6.45) is 5.60. The van der Waals surface area contributed by atoms with Crippen molar-refractivity contribution in [2.75, 3.05) is 0 Å². The highest BCUT2D eigenvalue weighted by atomic mass is 32.2. The third kappa shape index (κ3) is 4.13. The zero-order valence-electron chi connectivity index (χ0n) is 14.8. The highest BCUT2D eigenvalue weighted by Crippen LogP contribution is 2.35. The molecule has 0 bridgehead atoms. The third-order valence-electron chi connectivity index (χ3n) is 4.87. The number of aryl methyl sites for hydroxylation is 2. The number of nitrogens with one attached hydrogen (secondary N) is 1. The van der Waals surface area contributed by atoms with Gasteiger partial charge in [0, 0.05) is 5.75 Å². The summed E-state index contributed by atoms with van der Waals surface area (Å²) in [5.41, 5.74) is 4.34. The lowest BCUT2D eigenvalue weighted by atomic mass is 9.86. The molecule has 1 aromatic heterocycles. The average molecular weight is 353 g/mol. The van der Waals surface area contributed by atoms with Gasteiger partial charge in [0.25, 0.3) is 11.2 Å². The van der Waals surface area contributed by atoms with Crippen molar-refractivity contribution in [2.45, 2.75) is 62.8 Å². The summed E-state index contributed by atoms with van der Waals surface area (Å²) >= 11 is 1.54. The molecule has 1 fully saturated rings. The van der Waals surface area contributed by atoms with Crippen molar-refractivity contribution < 1.29 is 0 Å². The summed E-state index contributed by atoms with van der Waals surface area (Å²) in [5, 5.41) is 0.623. The van der Waals surface area contributed by atoms with Crippen molar-refractivity contribution >= 4 is 17.4 Å². The van der Waals surface area contributed by atoms with Crippen molar-refractivity contribution in [3.63, 3.8) is 0 Å². The first-order valence-corrected chi connectivity index (χ1v) is 9.77. The average Bonchev–Trinajstić information content (AvgIpc) is 2.61. The van der Waals surface area contributed by atoms with Crippen molar-refractivity contribution in [1.29, 1.82) is 0 Å². The second kappa shape index (κ2) is 7.88. The third-order valence-corrected chi connectivity index (χ3v) is 5.79. The van der Waals surface area contributed by atoms with E-state index < -0.39 is 0 Å². The molecule has 1 aliphatic rings. The Morgan fingerprint density at radius 2 is 2.04 bits per heavy atom. The minimum Gasteiger partial charge on any atom is -0.311 e. The minimum atomic E-state index is -0.297. The fraction of sp³-hybridized carbons (Fsp3) is 0.450. The molecule has 0 radical (unpaired) electrons. The molecule has 130 valence electrons. The maximum absolute atomic E-state index is 12.3. The highest BCUT2D eigenvalue weighted by molar-refractivity contribution is 7.98. The SMILES string of the molecule is [C-]#[N+]c1c(C2CCCCC2)nc(SCc2ccc(C)cc2C)[nH]c1=O. The van der Waals surface area contributed by atoms with Crippen molar-refractivity contribution in [1.82, 2.24) is 9.97 Å². The van der Waals surface area contributed by atoms with E-state index in [1.165, 1.54) is 34.9 Å². The van der Waals surface area contributed by atoms with Gasteiger partial charge in [0.2, 0.25) is 0 Å². The quantitative estimate of drug-likeness (QED) is 0.462. The number of nitrogens with zero attached hydrogens (tertiary/aromatic N) is 2. The zero-order chi connectivity index (χ0) is 17.8. The molecule has 3 rings (SSSR count). The highest BCUT2D eigenvalue weighted by Gasteiger charge is 2.23. The lowest BCUT2D eigenvalue weighted by Crippen LogP contribution is -2.15. The molecule has 1 aliphatic carbocycles. The van der Waals surface area contributed by atoms with E-state index in [9.17, 15) is 4.79 Å². The molecule has 0 unspecified atom stereocenters. The van der Waals surface area contributed by atoms with Gasteiger partial charge in [-0.2, -0.15) is 0 Å². The number of H-pyrrole nitrogens is 1. The fourth-order valence-electron chi connectivity index (χ4n) is 3.45. The summed E-state index contributed by atoms with van der Waals surface area (Å²) < 4.78 is 0. The summed E-state index contributed by atoms with van der Waals surface area (Å²) in [5.74, 6) is 1.01. The van der Waals surface area contributed by atoms with Gasteiger partial charge >= 0.3 is 0 Å². The van der Waals surface area contributed by atoms with Gasteiger partial charge in [0.05, 0.1) is 12.3 Å². The number of aromatic amines is 1. The number of benzene rings is 1. The Morgan fingerprint density at radius 1 is 1.28 bits per heavy atom. The van der Waals surface area contributed by atoms with Crippen LogP contribution in [0.3, 0.4) is 0 Å². The molecule has 25 heavy (non-hydrogen) atoms. The predicted octanol–water partition coefficient (Wildman–Crippen LogP) is 5.28. The minimum absolute atomic E-state index is 0.183. The van der Waals surface area contributed by atoms with E-state index in [4.69, 9.17) is 6.57 Å². The molecule has 0 amide bonds. The van der Waals surface area contributed by atoms with Gasteiger partial charge in [0.1, 0.15) is 0 Å². The monoisotopic (exact) mass is 353 g/mol. The van der Waals surface area contributed by atoms with E-state index in [1.54, 1.807) is 0 Å². The summed E-state index contributed by atoms with van der Waals surface area (Å²) in [6.45, 7) is 11.5. The van der Waals surface area contributed by atoms with Gasteiger partial charge in [-0.1, -0.05) is 54.8 Å². The van der Waals surface area contributed by atoms with E-state index in [0.29, 0.717) is 10.9 Å². The Labute approximate surface area is 152 Å². The van der Waals surface area contributed by atoms with Crippen LogP contribution in [0.1, 0.15) is 60.4 Å². The lowest BCUT2D eigenvalue weighted by Gasteiger charge is -2.22. The van der Waals surface area contributed by atoms with Gasteiger partial charge in [-0.05, 0) is 43.7 Å². The van der Waals surface area contributed by atoms with E-state index in [-0.39, 0.29) is 17.2 Å². The Kier molecular flexibility index (Phi) is 5.60. The van der Waals surface area contributed by atoms with Crippen LogP contribution in [0.4, 0.5) is 5.69 Å². The molecule has 1 aromatic carbocycles. The zero-order valence-corrected chi connectivity index (χ0v) is 15.6. The largest absolute Gasteiger partial charge is 0.311 e. The van der Waals surface area contributed by atoms with Crippen LogP contribution in [0.5, 0.6) is 0 Å². The maximum Gasteiger partial charge on any atom is 0.271 e. The van der Waals surface area contributed by atoms with Crippen molar-refractivity contribution in [3.05, 3.63) is 62.4 Å². The van der Waals surface area contributed by atoms with Crippen LogP contribution in [0.15, 0.2) is 28.2 Å². The summed E-state index contributed by atoms with van der Waals surface area (Å²) in [4.78, 5) is 23.3. The summed E-state index contributed by atoms with van der Waals surface area (Å²) in [7, 11) is 0. The number of hydrogen-bond acceptors (Lipinski definition) is 3. The van der Waals surface area contributed by atoms with Crippen LogP contribution in [0, 0.1) is 20.4 Å². The van der Waals surface area contributed by atoms with E-state index in [2.05, 4.69) is 46.9 Å². The van der Waals surface area contributed by atoms with Crippen molar-refractivity contribution in [2.24, 2.45) is 0 Å². The fourth-order valence-corrected chi connectivity index (χ4v) is 4.40. The van der Waals surface area contributed by atoms with E-state index >= 15 is 0 Å². The molecular weight excluding hydrogens is 330 g/mol. The molecule has 5 heteroatoms. The second-order valence-electron chi connectivity index (χ2n) is 6.77. The van der Waals surface area contributed by atoms with Gasteiger partial charge in [-0.3, -0.25) is 4.79 Å². The normalized spacial score (nSPS) is 15.1. The smallest absolute Gasteiger partial charge is 0.271 e. The lowest BCUT2D eigenvalue weighted by molar-refractivity contribution is 0.435. The van der Waals surface area contributed by atoms with Crippen LogP contribution < -0.4 is 5.56 Å². The molecule has 0 spiro atoms. The number of aromatic nitrogens is 2. The molecular formula is C20H23N3OS. The standard InChI is InChI=1S/C20H23N3OS/c1-13-9-10-16(14(2)11-13)12-25-20-22-17(15-7-5-4-6-8-15)18(21-3)19(24)23-20/h9-11,15H,4-8,12H2,1-2H3,(H,22,23,24). The first kappa shape index (κ1) is 17.8. The molecule has 4 nitrogen and oxygen atoms in total. The van der Waals surface area contributed by atoms with Crippen molar-refractivity contribution in [3.8, 4) is 0 Å². The van der Waals surface area contributed by atoms with E-state index in [0.717, 1.165) is 31.4 Å². The Balaban J connectivity index is 1.85. The molecule has 1 N–H and O–H groups in total. The van der Waals surface area contributed by atoms with Crippen LogP contribution in [-0.4, -0.2) is 9.97 Å². The molecule has 0 atom stereocenters. The Bertz CT molecular complexity index is 860. The van der Waals surface area contributed by atoms with Crippen LogP contribution in [0.2, 0.25) is 0 Å². The Morgan fingerprint density at radius 3 is 2.72 bits per heavy atom. The van der Waals surface area contributed by atoms with Crippen LogP contribution in [0.25, 0.3) is 4.85 Å². The Hall–Kier alpha value is -2.06. The number of thioether (sulfide) groups is 1. The molecule has 0 aliphatic heterocycles. The summed E-state index contributed by atoms with van der Waals surface area (Å²) in [6, 6.07) is 6.40. The molecule has 1 saturated carbocycles. The van der Waals surface area contributed by atoms with E-state index in [1.807, 2.05) is 0 Å². The topological polar surface area (TPSA) is 50.1 Å². The van der Waals surface area contributed by atoms with Gasteiger partial charge in [-0.25, -0.2) is 9.83 Å². The molecule has 1 heterocycles. The predicted molar refractivity (Wildman–Crippen MR) is 102 cm³/mol. The second-order valence-corrected chi connectivity index (χ2v) is 7.73. The first-order chi connectivity index (χ1) is 12.1. The number of hydrogen-bond donors (Lipinski definition) is 1. The van der Waals surface area contributed by atoms with Crippen LogP contribution >= 0.6 is 11.8 Å². The van der Waals surface area contributed by atoms with Gasteiger partial charge < -0.3 is 4.98 Å².